The second-order valence-electron chi connectivity index (χ2n) is 5.89. The SMILES string of the molecule is NC(=O)c1cc[nH]c1[C@H]1CCCN(C(=O)c2ccc(F)c(Cl)c2)C1. The Morgan fingerprint density at radius 1 is 1.33 bits per heavy atom. The maximum Gasteiger partial charge on any atom is 0.253 e. The van der Waals surface area contributed by atoms with Crippen LogP contribution in [0.4, 0.5) is 4.39 Å². The molecule has 0 saturated carbocycles. The van der Waals surface area contributed by atoms with E-state index in [0.29, 0.717) is 24.2 Å². The Bertz CT molecular complexity index is 790. The molecule has 1 fully saturated rings. The van der Waals surface area contributed by atoms with Crippen molar-refractivity contribution in [2.75, 3.05) is 13.1 Å². The van der Waals surface area contributed by atoms with Crippen LogP contribution in [0.2, 0.25) is 5.02 Å². The number of benzene rings is 1. The molecule has 0 aliphatic carbocycles. The number of amides is 2. The average molecular weight is 350 g/mol. The molecule has 1 atom stereocenters. The summed E-state index contributed by atoms with van der Waals surface area (Å²) in [6, 6.07) is 5.61. The third kappa shape index (κ3) is 3.14. The van der Waals surface area contributed by atoms with Crippen molar-refractivity contribution in [3.8, 4) is 0 Å². The lowest BCUT2D eigenvalue weighted by Crippen LogP contribution is -2.39. The number of likely N-dealkylation sites (tertiary alicyclic amines) is 1. The molecular weight excluding hydrogens is 333 g/mol. The van der Waals surface area contributed by atoms with Gasteiger partial charge in [-0.15, -0.1) is 0 Å². The maximum atomic E-state index is 13.3. The number of halogens is 2. The van der Waals surface area contributed by atoms with E-state index in [1.807, 2.05) is 0 Å². The van der Waals surface area contributed by atoms with Crippen LogP contribution < -0.4 is 5.73 Å². The molecule has 1 aliphatic heterocycles. The Kier molecular flexibility index (Phi) is 4.57. The van der Waals surface area contributed by atoms with Crippen LogP contribution in [0.3, 0.4) is 0 Å². The van der Waals surface area contributed by atoms with Gasteiger partial charge in [-0.3, -0.25) is 9.59 Å². The zero-order chi connectivity index (χ0) is 17.3. The quantitative estimate of drug-likeness (QED) is 0.893. The second kappa shape index (κ2) is 6.65. The number of nitrogens with zero attached hydrogens (tertiary/aromatic N) is 1. The van der Waals surface area contributed by atoms with Gasteiger partial charge in [0.15, 0.2) is 0 Å². The van der Waals surface area contributed by atoms with Gasteiger partial charge in [0, 0.05) is 36.5 Å². The van der Waals surface area contributed by atoms with Crippen molar-refractivity contribution in [3.63, 3.8) is 0 Å². The van der Waals surface area contributed by atoms with Crippen LogP contribution in [-0.4, -0.2) is 34.8 Å². The maximum absolute atomic E-state index is 13.3. The van der Waals surface area contributed by atoms with Crippen molar-refractivity contribution >= 4 is 23.4 Å². The summed E-state index contributed by atoms with van der Waals surface area (Å²) in [5.41, 5.74) is 6.96. The molecule has 0 radical (unpaired) electrons. The predicted molar refractivity (Wildman–Crippen MR) is 88.6 cm³/mol. The van der Waals surface area contributed by atoms with Gasteiger partial charge in [-0.05, 0) is 37.1 Å². The molecule has 126 valence electrons. The van der Waals surface area contributed by atoms with Gasteiger partial charge in [0.25, 0.3) is 11.8 Å². The highest BCUT2D eigenvalue weighted by molar-refractivity contribution is 6.31. The van der Waals surface area contributed by atoms with Crippen molar-refractivity contribution in [2.45, 2.75) is 18.8 Å². The van der Waals surface area contributed by atoms with Crippen molar-refractivity contribution < 1.29 is 14.0 Å². The highest BCUT2D eigenvalue weighted by Crippen LogP contribution is 2.29. The average Bonchev–Trinajstić information content (AvgIpc) is 3.07. The first-order valence-electron chi connectivity index (χ1n) is 7.68. The molecule has 5 nitrogen and oxygen atoms in total. The molecule has 1 aromatic carbocycles. The smallest absolute Gasteiger partial charge is 0.253 e. The minimum absolute atomic E-state index is 0.0103. The zero-order valence-corrected chi connectivity index (χ0v) is 13.6. The number of piperidine rings is 1. The standard InChI is InChI=1S/C17H17ClFN3O2/c18-13-8-10(3-4-14(13)19)17(24)22-7-1-2-11(9-22)15-12(16(20)23)5-6-21-15/h3-6,8,11,21H,1-2,7,9H2,(H2,20,23)/t11-/m0/s1. The summed E-state index contributed by atoms with van der Waals surface area (Å²) in [6.07, 6.45) is 3.34. The molecule has 3 rings (SSSR count). The third-order valence-electron chi connectivity index (χ3n) is 4.33. The Hall–Kier alpha value is -2.34. The molecule has 7 heteroatoms. The van der Waals surface area contributed by atoms with Gasteiger partial charge in [0.05, 0.1) is 10.6 Å². The topological polar surface area (TPSA) is 79.2 Å². The molecule has 1 aromatic heterocycles. The van der Waals surface area contributed by atoms with Crippen LogP contribution in [0.15, 0.2) is 30.5 Å². The van der Waals surface area contributed by atoms with Gasteiger partial charge in [-0.25, -0.2) is 4.39 Å². The monoisotopic (exact) mass is 349 g/mol. The zero-order valence-electron chi connectivity index (χ0n) is 12.9. The van der Waals surface area contributed by atoms with E-state index < -0.39 is 11.7 Å². The molecule has 0 spiro atoms. The van der Waals surface area contributed by atoms with Crippen LogP contribution in [0, 0.1) is 5.82 Å². The number of primary amides is 1. The summed E-state index contributed by atoms with van der Waals surface area (Å²) in [7, 11) is 0. The number of hydrogen-bond donors (Lipinski definition) is 2. The number of hydrogen-bond acceptors (Lipinski definition) is 2. The molecule has 24 heavy (non-hydrogen) atoms. The van der Waals surface area contributed by atoms with Gasteiger partial charge in [-0.2, -0.15) is 0 Å². The number of nitrogens with one attached hydrogen (secondary N) is 1. The number of aromatic amines is 1. The van der Waals surface area contributed by atoms with E-state index in [2.05, 4.69) is 4.98 Å². The number of aromatic nitrogens is 1. The Morgan fingerprint density at radius 2 is 2.12 bits per heavy atom. The lowest BCUT2D eigenvalue weighted by atomic mass is 9.92. The van der Waals surface area contributed by atoms with Crippen LogP contribution in [0.5, 0.6) is 0 Å². The predicted octanol–water partition coefficient (Wildman–Crippen LogP) is 2.93. The number of rotatable bonds is 3. The highest BCUT2D eigenvalue weighted by Gasteiger charge is 2.28. The highest BCUT2D eigenvalue weighted by atomic mass is 35.5. The summed E-state index contributed by atoms with van der Waals surface area (Å²) < 4.78 is 13.3. The van der Waals surface area contributed by atoms with Gasteiger partial charge in [0.2, 0.25) is 0 Å². The normalized spacial score (nSPS) is 17.8. The lowest BCUT2D eigenvalue weighted by Gasteiger charge is -2.33. The fourth-order valence-electron chi connectivity index (χ4n) is 3.14. The van der Waals surface area contributed by atoms with E-state index in [4.69, 9.17) is 17.3 Å². The molecular formula is C17H17ClFN3O2. The molecule has 2 amide bonds. The van der Waals surface area contributed by atoms with Gasteiger partial charge in [0.1, 0.15) is 5.82 Å². The number of carbonyl (C=O) groups is 2. The van der Waals surface area contributed by atoms with Crippen LogP contribution in [-0.2, 0) is 0 Å². The van der Waals surface area contributed by atoms with E-state index in [1.165, 1.54) is 18.2 Å². The van der Waals surface area contributed by atoms with Crippen LogP contribution in [0.1, 0.15) is 45.2 Å². The fraction of sp³-hybridized carbons (Fsp3) is 0.294. The second-order valence-corrected chi connectivity index (χ2v) is 6.30. The van der Waals surface area contributed by atoms with E-state index in [1.54, 1.807) is 17.2 Å². The molecule has 3 N–H and O–H groups in total. The number of carbonyl (C=O) groups excluding carboxylic acids is 2. The third-order valence-corrected chi connectivity index (χ3v) is 4.62. The van der Waals surface area contributed by atoms with Crippen molar-refractivity contribution in [3.05, 3.63) is 58.1 Å². The molecule has 0 unspecified atom stereocenters. The lowest BCUT2D eigenvalue weighted by molar-refractivity contribution is 0.0706. The van der Waals surface area contributed by atoms with Crippen molar-refractivity contribution in [1.82, 2.24) is 9.88 Å². The molecule has 1 saturated heterocycles. The van der Waals surface area contributed by atoms with E-state index in [0.717, 1.165) is 18.5 Å². The minimum Gasteiger partial charge on any atom is -0.366 e. The van der Waals surface area contributed by atoms with Crippen molar-refractivity contribution in [2.24, 2.45) is 5.73 Å². The summed E-state index contributed by atoms with van der Waals surface area (Å²) in [6.45, 7) is 1.07. The summed E-state index contributed by atoms with van der Waals surface area (Å²) in [5.74, 6) is -1.23. The van der Waals surface area contributed by atoms with Gasteiger partial charge in [-0.1, -0.05) is 11.6 Å². The fourth-order valence-corrected chi connectivity index (χ4v) is 3.32. The summed E-state index contributed by atoms with van der Waals surface area (Å²) >= 11 is 5.76. The minimum atomic E-state index is -0.553. The Morgan fingerprint density at radius 3 is 2.83 bits per heavy atom. The summed E-state index contributed by atoms with van der Waals surface area (Å²) in [4.78, 5) is 28.9. The molecule has 2 heterocycles. The largest absolute Gasteiger partial charge is 0.366 e. The van der Waals surface area contributed by atoms with E-state index in [9.17, 15) is 14.0 Å². The molecule has 0 bridgehead atoms. The number of H-pyrrole nitrogens is 1. The van der Waals surface area contributed by atoms with E-state index >= 15 is 0 Å². The first kappa shape index (κ1) is 16.5. The first-order valence-corrected chi connectivity index (χ1v) is 8.06. The van der Waals surface area contributed by atoms with Gasteiger partial charge >= 0.3 is 0 Å². The Balaban J connectivity index is 1.80. The van der Waals surface area contributed by atoms with Crippen molar-refractivity contribution in [1.29, 1.82) is 0 Å². The van der Waals surface area contributed by atoms with E-state index in [-0.39, 0.29) is 16.8 Å². The van der Waals surface area contributed by atoms with Crippen LogP contribution in [0.25, 0.3) is 0 Å². The van der Waals surface area contributed by atoms with Gasteiger partial charge < -0.3 is 15.6 Å². The Labute approximate surface area is 143 Å². The summed E-state index contributed by atoms with van der Waals surface area (Å²) in [5, 5.41) is -0.0743. The number of nitrogens with two attached hydrogens (primary N) is 1. The molecule has 1 aliphatic rings. The first-order chi connectivity index (χ1) is 11.5. The van der Waals surface area contributed by atoms with Crippen LogP contribution >= 0.6 is 11.6 Å². The molecule has 2 aromatic rings.